The third kappa shape index (κ3) is 1.78. The zero-order chi connectivity index (χ0) is 11.7. The van der Waals surface area contributed by atoms with Crippen LogP contribution in [0, 0.1) is 0 Å². The second-order valence-electron chi connectivity index (χ2n) is 4.10. The lowest BCUT2D eigenvalue weighted by Crippen LogP contribution is -2.23. The van der Waals surface area contributed by atoms with Crippen LogP contribution in [0.15, 0.2) is 24.5 Å². The lowest BCUT2D eigenvalue weighted by atomic mass is 10.1. The number of rotatable bonds is 2. The van der Waals surface area contributed by atoms with Gasteiger partial charge in [0.2, 0.25) is 5.91 Å². The third-order valence-corrected chi connectivity index (χ3v) is 2.66. The van der Waals surface area contributed by atoms with E-state index in [0.29, 0.717) is 6.42 Å². The number of nitrogens with zero attached hydrogens (tertiary/aromatic N) is 3. The van der Waals surface area contributed by atoms with Crippen LogP contribution in [0.25, 0.3) is 11.0 Å². The quantitative estimate of drug-likeness (QED) is 0.758. The fraction of sp³-hybridized carbons (Fsp3) is 0.333. The molecule has 0 fully saturated rings. The Morgan fingerprint density at radius 2 is 2.25 bits per heavy atom. The first-order valence-electron chi connectivity index (χ1n) is 5.18. The van der Waals surface area contributed by atoms with Gasteiger partial charge in [-0.25, -0.2) is 4.98 Å². The Bertz CT molecular complexity index is 528. The highest BCUT2D eigenvalue weighted by Crippen LogP contribution is 2.18. The number of pyridine rings is 1. The Labute approximate surface area is 94.5 Å². The van der Waals surface area contributed by atoms with Crippen molar-refractivity contribution in [3.8, 4) is 0 Å². The van der Waals surface area contributed by atoms with E-state index >= 15 is 0 Å². The first-order chi connectivity index (χ1) is 7.59. The van der Waals surface area contributed by atoms with E-state index in [4.69, 9.17) is 0 Å². The molecule has 2 aromatic heterocycles. The summed E-state index contributed by atoms with van der Waals surface area (Å²) in [5.74, 6) is 0.108. The maximum atomic E-state index is 11.7. The highest BCUT2D eigenvalue weighted by Gasteiger charge is 2.11. The van der Waals surface area contributed by atoms with Crippen molar-refractivity contribution < 1.29 is 4.79 Å². The number of hydrogen-bond acceptors (Lipinski definition) is 2. The molecule has 0 aliphatic heterocycles. The summed E-state index contributed by atoms with van der Waals surface area (Å²) in [7, 11) is 5.48. The van der Waals surface area contributed by atoms with Gasteiger partial charge in [-0.05, 0) is 17.7 Å². The summed E-state index contributed by atoms with van der Waals surface area (Å²) in [6.07, 6.45) is 4.16. The molecule has 0 saturated carbocycles. The lowest BCUT2D eigenvalue weighted by Gasteiger charge is -2.08. The molecule has 4 nitrogen and oxygen atoms in total. The highest BCUT2D eigenvalue weighted by molar-refractivity contribution is 5.87. The zero-order valence-electron chi connectivity index (χ0n) is 9.77. The summed E-state index contributed by atoms with van der Waals surface area (Å²) >= 11 is 0. The molecular weight excluding hydrogens is 202 g/mol. The van der Waals surface area contributed by atoms with Crippen molar-refractivity contribution >= 4 is 16.9 Å². The van der Waals surface area contributed by atoms with Crippen molar-refractivity contribution in [3.63, 3.8) is 0 Å². The van der Waals surface area contributed by atoms with Crippen molar-refractivity contribution in [3.05, 3.63) is 30.1 Å². The van der Waals surface area contributed by atoms with Gasteiger partial charge in [0.25, 0.3) is 0 Å². The minimum atomic E-state index is 0.108. The molecule has 0 unspecified atom stereocenters. The van der Waals surface area contributed by atoms with E-state index in [1.54, 1.807) is 25.2 Å². The average Bonchev–Trinajstić information content (AvgIpc) is 2.57. The van der Waals surface area contributed by atoms with Crippen molar-refractivity contribution in [1.82, 2.24) is 14.5 Å². The van der Waals surface area contributed by atoms with Crippen LogP contribution in [0.4, 0.5) is 0 Å². The first-order valence-corrected chi connectivity index (χ1v) is 5.18. The summed E-state index contributed by atoms with van der Waals surface area (Å²) in [6.45, 7) is 0. The Balaban J connectivity index is 2.42. The molecular formula is C12H15N3O. The molecule has 84 valence electrons. The molecule has 2 aromatic rings. The van der Waals surface area contributed by atoms with Crippen LogP contribution < -0.4 is 0 Å². The smallest absolute Gasteiger partial charge is 0.226 e. The van der Waals surface area contributed by atoms with E-state index in [2.05, 4.69) is 4.98 Å². The normalized spacial score (nSPS) is 10.7. The van der Waals surface area contributed by atoms with E-state index < -0.39 is 0 Å². The van der Waals surface area contributed by atoms with Crippen LogP contribution in [0.1, 0.15) is 5.56 Å². The molecule has 0 aliphatic rings. The van der Waals surface area contributed by atoms with E-state index in [1.807, 2.05) is 29.9 Å². The SMILES string of the molecule is CN(C)C(=O)Cc1cn(C)c2ncccc12. The Morgan fingerprint density at radius 1 is 1.50 bits per heavy atom. The fourth-order valence-corrected chi connectivity index (χ4v) is 1.76. The average molecular weight is 217 g/mol. The number of hydrogen-bond donors (Lipinski definition) is 0. The number of likely N-dealkylation sites (N-methyl/N-ethyl adjacent to an activating group) is 1. The second kappa shape index (κ2) is 3.96. The minimum Gasteiger partial charge on any atom is -0.349 e. The van der Waals surface area contributed by atoms with Crippen LogP contribution in [0.5, 0.6) is 0 Å². The Kier molecular flexibility index (Phi) is 2.64. The fourth-order valence-electron chi connectivity index (χ4n) is 1.76. The molecule has 1 amide bonds. The van der Waals surface area contributed by atoms with Gasteiger partial charge < -0.3 is 9.47 Å². The van der Waals surface area contributed by atoms with Gasteiger partial charge in [-0.15, -0.1) is 0 Å². The topological polar surface area (TPSA) is 38.1 Å². The molecule has 0 N–H and O–H groups in total. The maximum Gasteiger partial charge on any atom is 0.226 e. The largest absolute Gasteiger partial charge is 0.349 e. The predicted molar refractivity (Wildman–Crippen MR) is 63.1 cm³/mol. The second-order valence-corrected chi connectivity index (χ2v) is 4.10. The van der Waals surface area contributed by atoms with E-state index in [1.165, 1.54) is 0 Å². The first kappa shape index (κ1) is 10.7. The third-order valence-electron chi connectivity index (χ3n) is 2.66. The number of amides is 1. The van der Waals surface area contributed by atoms with Gasteiger partial charge in [-0.2, -0.15) is 0 Å². The van der Waals surface area contributed by atoms with Gasteiger partial charge in [0.1, 0.15) is 5.65 Å². The van der Waals surface area contributed by atoms with Crippen molar-refractivity contribution in [2.45, 2.75) is 6.42 Å². The molecule has 0 aliphatic carbocycles. The number of carbonyl (C=O) groups is 1. The number of carbonyl (C=O) groups excluding carboxylic acids is 1. The van der Waals surface area contributed by atoms with Crippen LogP contribution in [-0.2, 0) is 18.3 Å². The molecule has 2 rings (SSSR count). The Morgan fingerprint density at radius 3 is 2.94 bits per heavy atom. The zero-order valence-corrected chi connectivity index (χ0v) is 9.77. The number of fused-ring (bicyclic) bond motifs is 1. The standard InChI is InChI=1S/C12H15N3O/c1-14(2)11(16)7-9-8-15(3)12-10(9)5-4-6-13-12/h4-6,8H,7H2,1-3H3. The summed E-state index contributed by atoms with van der Waals surface area (Å²) in [4.78, 5) is 17.6. The Hall–Kier alpha value is -1.84. The summed E-state index contributed by atoms with van der Waals surface area (Å²) in [5.41, 5.74) is 1.95. The maximum absolute atomic E-state index is 11.7. The summed E-state index contributed by atoms with van der Waals surface area (Å²) in [5, 5.41) is 1.06. The summed E-state index contributed by atoms with van der Waals surface area (Å²) in [6, 6.07) is 3.90. The lowest BCUT2D eigenvalue weighted by molar-refractivity contribution is -0.127. The van der Waals surface area contributed by atoms with Gasteiger partial charge in [0, 0.05) is 38.9 Å². The van der Waals surface area contributed by atoms with Gasteiger partial charge in [-0.1, -0.05) is 0 Å². The van der Waals surface area contributed by atoms with E-state index in [0.717, 1.165) is 16.6 Å². The van der Waals surface area contributed by atoms with E-state index in [-0.39, 0.29) is 5.91 Å². The van der Waals surface area contributed by atoms with Gasteiger partial charge >= 0.3 is 0 Å². The van der Waals surface area contributed by atoms with Crippen molar-refractivity contribution in [2.75, 3.05) is 14.1 Å². The predicted octanol–water partition coefficient (Wildman–Crippen LogP) is 1.20. The molecule has 0 saturated heterocycles. The minimum absolute atomic E-state index is 0.108. The van der Waals surface area contributed by atoms with Crippen molar-refractivity contribution in [2.24, 2.45) is 7.05 Å². The highest BCUT2D eigenvalue weighted by atomic mass is 16.2. The molecule has 16 heavy (non-hydrogen) atoms. The molecule has 0 aromatic carbocycles. The van der Waals surface area contributed by atoms with Crippen LogP contribution >= 0.6 is 0 Å². The number of aryl methyl sites for hydroxylation is 1. The van der Waals surface area contributed by atoms with Crippen LogP contribution in [-0.4, -0.2) is 34.5 Å². The van der Waals surface area contributed by atoms with Gasteiger partial charge in [-0.3, -0.25) is 4.79 Å². The molecule has 0 bridgehead atoms. The van der Waals surface area contributed by atoms with Crippen molar-refractivity contribution in [1.29, 1.82) is 0 Å². The molecule has 0 spiro atoms. The van der Waals surface area contributed by atoms with Crippen LogP contribution in [0.3, 0.4) is 0 Å². The molecule has 4 heteroatoms. The number of aromatic nitrogens is 2. The molecule has 0 atom stereocenters. The van der Waals surface area contributed by atoms with Gasteiger partial charge in [0.05, 0.1) is 6.42 Å². The molecule has 2 heterocycles. The van der Waals surface area contributed by atoms with Gasteiger partial charge in [0.15, 0.2) is 0 Å². The van der Waals surface area contributed by atoms with Crippen LogP contribution in [0.2, 0.25) is 0 Å². The monoisotopic (exact) mass is 217 g/mol. The van der Waals surface area contributed by atoms with E-state index in [9.17, 15) is 4.79 Å². The molecule has 0 radical (unpaired) electrons. The summed E-state index contributed by atoms with van der Waals surface area (Å²) < 4.78 is 1.95.